The number of hydrogen-bond donors (Lipinski definition) is 0. The molecule has 0 aromatic rings. The molecule has 0 aliphatic rings. The number of carbonyl (C=O) groups excluding carboxylic acids is 3. The van der Waals surface area contributed by atoms with Crippen molar-refractivity contribution in [3.8, 4) is 0 Å². The molecule has 0 bridgehead atoms. The van der Waals surface area contributed by atoms with Gasteiger partial charge in [0.1, 0.15) is 11.2 Å². The van der Waals surface area contributed by atoms with Crippen LogP contribution < -0.4 is 0 Å². The highest BCUT2D eigenvalue weighted by Crippen LogP contribution is 2.10. The molecule has 0 atom stereocenters. The molecule has 7 nitrogen and oxygen atoms in total. The van der Waals surface area contributed by atoms with E-state index in [0.29, 0.717) is 0 Å². The summed E-state index contributed by atoms with van der Waals surface area (Å²) < 4.78 is 17.5. The smallest absolute Gasteiger partial charge is 0.428 e. The van der Waals surface area contributed by atoms with Crippen molar-refractivity contribution in [1.82, 2.24) is 0 Å². The lowest BCUT2D eigenvalue weighted by Gasteiger charge is -2.19. The van der Waals surface area contributed by atoms with E-state index < -0.39 is 29.7 Å². The summed E-state index contributed by atoms with van der Waals surface area (Å²) in [5.74, 6) is 0. The molecule has 7 heteroatoms. The molecule has 104 valence electrons. The maximum atomic E-state index is 11.0. The minimum absolute atomic E-state index is 0.816. The van der Waals surface area contributed by atoms with Gasteiger partial charge in [0.15, 0.2) is 0 Å². The molecular formula is C11H18O7. The van der Waals surface area contributed by atoms with Gasteiger partial charge in [-0.25, -0.2) is 14.4 Å². The Labute approximate surface area is 105 Å². The normalized spacial score (nSPS) is 11.4. The van der Waals surface area contributed by atoms with Crippen LogP contribution in [0.2, 0.25) is 0 Å². The van der Waals surface area contributed by atoms with Crippen molar-refractivity contribution in [2.24, 2.45) is 0 Å². The van der Waals surface area contributed by atoms with Gasteiger partial charge >= 0.3 is 18.5 Å². The highest BCUT2D eigenvalue weighted by Gasteiger charge is 2.25. The van der Waals surface area contributed by atoms with E-state index in [0.717, 1.165) is 0 Å². The van der Waals surface area contributed by atoms with Crippen molar-refractivity contribution < 1.29 is 33.3 Å². The van der Waals surface area contributed by atoms with E-state index in [4.69, 9.17) is 0 Å². The lowest BCUT2D eigenvalue weighted by atomic mass is 10.2. The molecule has 0 spiro atoms. The Hall–Kier alpha value is -1.79. The largest absolute Gasteiger partial charge is 0.528 e. The second kappa shape index (κ2) is 5.70. The van der Waals surface area contributed by atoms with Gasteiger partial charge in [0.05, 0.1) is 0 Å². The maximum Gasteiger partial charge on any atom is 0.528 e. The van der Waals surface area contributed by atoms with Crippen LogP contribution in [0.4, 0.5) is 14.4 Å². The lowest BCUT2D eigenvalue weighted by Crippen LogP contribution is -2.29. The van der Waals surface area contributed by atoms with Crippen molar-refractivity contribution in [3.63, 3.8) is 0 Å². The zero-order valence-electron chi connectivity index (χ0n) is 11.4. The highest BCUT2D eigenvalue weighted by atomic mass is 16.9. The molecule has 0 saturated heterocycles. The van der Waals surface area contributed by atoms with E-state index in [9.17, 15) is 14.4 Å². The minimum atomic E-state index is -1.50. The molecule has 0 amide bonds. The Bertz CT molecular complexity index is 300. The van der Waals surface area contributed by atoms with E-state index >= 15 is 0 Å². The molecule has 0 aromatic heterocycles. The van der Waals surface area contributed by atoms with Gasteiger partial charge in [-0.05, 0) is 41.5 Å². The predicted molar refractivity (Wildman–Crippen MR) is 60.0 cm³/mol. The molecule has 0 radical (unpaired) electrons. The maximum absolute atomic E-state index is 11.0. The molecule has 0 heterocycles. The Morgan fingerprint density at radius 2 is 0.889 bits per heavy atom. The van der Waals surface area contributed by atoms with Gasteiger partial charge in [-0.3, -0.25) is 0 Å². The molecule has 0 saturated carbocycles. The summed E-state index contributed by atoms with van der Waals surface area (Å²) in [6.45, 7) is 9.54. The van der Waals surface area contributed by atoms with Crippen LogP contribution in [0.3, 0.4) is 0 Å². The highest BCUT2D eigenvalue weighted by molar-refractivity contribution is 5.83. The van der Waals surface area contributed by atoms with Gasteiger partial charge in [0.25, 0.3) is 0 Å². The van der Waals surface area contributed by atoms with Gasteiger partial charge in [0.2, 0.25) is 0 Å². The first kappa shape index (κ1) is 16.2. The van der Waals surface area contributed by atoms with Crippen LogP contribution in [-0.4, -0.2) is 29.7 Å². The average Bonchev–Trinajstić information content (AvgIpc) is 1.92. The lowest BCUT2D eigenvalue weighted by molar-refractivity contribution is -0.0207. The van der Waals surface area contributed by atoms with Gasteiger partial charge in [-0.2, -0.15) is 0 Å². The standard InChI is InChI=1S/C11H18O7/c1-10(2,3)17-8(13)15-7(12)16-9(14)18-11(4,5)6/h1-6H3. The fraction of sp³-hybridized carbons (Fsp3) is 0.727. The molecule has 18 heavy (non-hydrogen) atoms. The quantitative estimate of drug-likeness (QED) is 0.489. The molecular weight excluding hydrogens is 244 g/mol. The predicted octanol–water partition coefficient (Wildman–Crippen LogP) is 3.01. The summed E-state index contributed by atoms with van der Waals surface area (Å²) in [6.07, 6.45) is -4.01. The van der Waals surface area contributed by atoms with Gasteiger partial charge in [-0.15, -0.1) is 0 Å². The van der Waals surface area contributed by atoms with Crippen molar-refractivity contribution in [1.29, 1.82) is 0 Å². The third-order valence-electron chi connectivity index (χ3n) is 1.11. The average molecular weight is 262 g/mol. The second-order valence-corrected chi connectivity index (χ2v) is 5.38. The topological polar surface area (TPSA) is 88.1 Å². The van der Waals surface area contributed by atoms with Gasteiger partial charge < -0.3 is 18.9 Å². The second-order valence-electron chi connectivity index (χ2n) is 5.38. The SMILES string of the molecule is CC(C)(C)OC(=O)OC(=O)OC(=O)OC(C)(C)C. The molecule has 0 aromatic carbocycles. The first-order valence-electron chi connectivity index (χ1n) is 5.25. The third-order valence-corrected chi connectivity index (χ3v) is 1.11. The van der Waals surface area contributed by atoms with Crippen molar-refractivity contribution in [2.75, 3.05) is 0 Å². The van der Waals surface area contributed by atoms with Crippen LogP contribution in [0.5, 0.6) is 0 Å². The van der Waals surface area contributed by atoms with Gasteiger partial charge in [-0.1, -0.05) is 0 Å². The van der Waals surface area contributed by atoms with Crippen LogP contribution in [0, 0.1) is 0 Å². The van der Waals surface area contributed by atoms with Crippen molar-refractivity contribution in [3.05, 3.63) is 0 Å². The Morgan fingerprint density at radius 1 is 0.611 bits per heavy atom. The van der Waals surface area contributed by atoms with Crippen LogP contribution >= 0.6 is 0 Å². The first-order chi connectivity index (χ1) is 7.89. The number of hydrogen-bond acceptors (Lipinski definition) is 7. The van der Waals surface area contributed by atoms with Crippen molar-refractivity contribution >= 4 is 18.5 Å². The van der Waals surface area contributed by atoms with E-state index in [1.165, 1.54) is 0 Å². The number of carbonyl (C=O) groups is 3. The minimum Gasteiger partial charge on any atom is -0.428 e. The van der Waals surface area contributed by atoms with Crippen LogP contribution in [0.1, 0.15) is 41.5 Å². The summed E-state index contributed by atoms with van der Waals surface area (Å²) in [6, 6.07) is 0. The number of rotatable bonds is 0. The monoisotopic (exact) mass is 262 g/mol. The molecule has 0 rings (SSSR count). The van der Waals surface area contributed by atoms with Crippen molar-refractivity contribution in [2.45, 2.75) is 52.7 Å². The Balaban J connectivity index is 4.13. The zero-order valence-corrected chi connectivity index (χ0v) is 11.4. The summed E-state index contributed by atoms with van der Waals surface area (Å²) in [4.78, 5) is 33.1. The number of ether oxygens (including phenoxy) is 4. The summed E-state index contributed by atoms with van der Waals surface area (Å²) in [5, 5.41) is 0. The molecule has 0 unspecified atom stereocenters. The summed E-state index contributed by atoms with van der Waals surface area (Å²) >= 11 is 0. The summed E-state index contributed by atoms with van der Waals surface area (Å²) in [7, 11) is 0. The zero-order chi connectivity index (χ0) is 14.6. The van der Waals surface area contributed by atoms with E-state index in [2.05, 4.69) is 18.9 Å². The van der Waals surface area contributed by atoms with E-state index in [1.54, 1.807) is 41.5 Å². The van der Waals surface area contributed by atoms with E-state index in [-0.39, 0.29) is 0 Å². The molecule has 0 aliphatic heterocycles. The van der Waals surface area contributed by atoms with Crippen LogP contribution in [0.25, 0.3) is 0 Å². The van der Waals surface area contributed by atoms with Crippen LogP contribution in [-0.2, 0) is 18.9 Å². The Kier molecular flexibility index (Phi) is 5.13. The fourth-order valence-corrected chi connectivity index (χ4v) is 0.699. The molecule has 0 N–H and O–H groups in total. The summed E-state index contributed by atoms with van der Waals surface area (Å²) in [5.41, 5.74) is -1.63. The fourth-order valence-electron chi connectivity index (χ4n) is 0.699. The molecule has 0 fully saturated rings. The van der Waals surface area contributed by atoms with Gasteiger partial charge in [0, 0.05) is 0 Å². The van der Waals surface area contributed by atoms with Crippen LogP contribution in [0.15, 0.2) is 0 Å². The Morgan fingerprint density at radius 3 is 1.11 bits per heavy atom. The molecule has 0 aliphatic carbocycles. The van der Waals surface area contributed by atoms with E-state index in [1.807, 2.05) is 0 Å². The first-order valence-corrected chi connectivity index (χ1v) is 5.25. The third kappa shape index (κ3) is 9.44.